The molecule has 1 rings (SSSR count). The Kier molecular flexibility index (Phi) is 2.23. The minimum atomic E-state index is -0.909. The molecule has 0 aromatic heterocycles. The van der Waals surface area contributed by atoms with Gasteiger partial charge in [-0.25, -0.2) is 4.39 Å². The zero-order valence-corrected chi connectivity index (χ0v) is 6.03. The molecule has 0 radical (unpaired) electrons. The number of hydrogen-bond donors (Lipinski definition) is 1. The highest BCUT2D eigenvalue weighted by Gasteiger charge is 2.09. The van der Waals surface area contributed by atoms with Crippen LogP contribution in [0.15, 0.2) is 18.2 Å². The van der Waals surface area contributed by atoms with Gasteiger partial charge < -0.3 is 5.11 Å². The summed E-state index contributed by atoms with van der Waals surface area (Å²) in [5.41, 5.74) is -0.287. The Labute approximate surface area is 67.4 Å². The molecule has 0 saturated carbocycles. The first-order chi connectivity index (χ1) is 5.65. The largest absolute Gasteiger partial charge is 0.508 e. The number of phenols is 1. The van der Waals surface area contributed by atoms with E-state index in [9.17, 15) is 14.5 Å². The first-order valence-corrected chi connectivity index (χ1v) is 3.17. The Morgan fingerprint density at radius 2 is 2.25 bits per heavy atom. The van der Waals surface area contributed by atoms with Gasteiger partial charge in [-0.2, -0.15) is 0 Å². The number of hydrogen-bond acceptors (Lipinski definition) is 3. The number of nitrogens with zero attached hydrogens (tertiary/aromatic N) is 1. The monoisotopic (exact) mass is 171 g/mol. The second kappa shape index (κ2) is 3.17. The van der Waals surface area contributed by atoms with E-state index in [1.54, 1.807) is 0 Å². The number of rotatable bonds is 2. The highest BCUT2D eigenvalue weighted by Crippen LogP contribution is 2.23. The van der Waals surface area contributed by atoms with E-state index in [-0.39, 0.29) is 17.0 Å². The third-order valence-corrected chi connectivity index (χ3v) is 1.42. The lowest BCUT2D eigenvalue weighted by Gasteiger charge is -1.97. The summed E-state index contributed by atoms with van der Waals surface area (Å²) < 4.78 is 12.0. The third kappa shape index (κ3) is 1.50. The number of benzene rings is 1. The molecule has 0 aliphatic carbocycles. The molecule has 0 aliphatic heterocycles. The predicted molar refractivity (Wildman–Crippen MR) is 39.6 cm³/mol. The van der Waals surface area contributed by atoms with Crippen LogP contribution in [0, 0.1) is 10.1 Å². The Hall–Kier alpha value is -1.65. The molecule has 0 amide bonds. The minimum absolute atomic E-state index is 0.0656. The topological polar surface area (TPSA) is 63.4 Å². The molecule has 0 aliphatic rings. The zero-order chi connectivity index (χ0) is 9.14. The molecule has 5 heteroatoms. The second-order valence-corrected chi connectivity index (χ2v) is 2.20. The third-order valence-electron chi connectivity index (χ3n) is 1.42. The Morgan fingerprint density at radius 1 is 1.58 bits per heavy atom. The highest BCUT2D eigenvalue weighted by molar-refractivity contribution is 5.42. The number of aromatic hydroxyl groups is 1. The first kappa shape index (κ1) is 8.45. The molecular formula is C7H6FNO3. The number of non-ortho nitro benzene ring substituents is 1. The van der Waals surface area contributed by atoms with Gasteiger partial charge in [-0.1, -0.05) is 0 Å². The summed E-state index contributed by atoms with van der Waals surface area (Å²) in [6.07, 6.45) is 0. The van der Waals surface area contributed by atoms with Crippen molar-refractivity contribution in [3.8, 4) is 5.75 Å². The van der Waals surface area contributed by atoms with Gasteiger partial charge in [-0.15, -0.1) is 0 Å². The van der Waals surface area contributed by atoms with E-state index in [1.807, 2.05) is 0 Å². The molecule has 0 fully saturated rings. The van der Waals surface area contributed by atoms with Crippen molar-refractivity contribution in [1.29, 1.82) is 0 Å². The summed E-state index contributed by atoms with van der Waals surface area (Å²) in [6, 6.07) is 3.23. The van der Waals surface area contributed by atoms with Crippen LogP contribution in [-0.4, -0.2) is 10.0 Å². The van der Waals surface area contributed by atoms with Crippen LogP contribution in [0.25, 0.3) is 0 Å². The molecule has 0 unspecified atom stereocenters. The molecule has 0 bridgehead atoms. The molecule has 0 atom stereocenters. The Morgan fingerprint density at radius 3 is 2.75 bits per heavy atom. The number of halogens is 1. The van der Waals surface area contributed by atoms with Gasteiger partial charge >= 0.3 is 0 Å². The van der Waals surface area contributed by atoms with Crippen LogP contribution in [-0.2, 0) is 6.67 Å². The van der Waals surface area contributed by atoms with Gasteiger partial charge in [0.25, 0.3) is 5.69 Å². The van der Waals surface area contributed by atoms with Gasteiger partial charge in [0.1, 0.15) is 12.4 Å². The van der Waals surface area contributed by atoms with E-state index in [0.29, 0.717) is 0 Å². The van der Waals surface area contributed by atoms with E-state index in [2.05, 4.69) is 0 Å². The molecular weight excluding hydrogens is 165 g/mol. The van der Waals surface area contributed by atoms with Crippen molar-refractivity contribution in [2.75, 3.05) is 0 Å². The fraction of sp³-hybridized carbons (Fsp3) is 0.143. The summed E-state index contributed by atoms with van der Waals surface area (Å²) in [5, 5.41) is 19.1. The van der Waals surface area contributed by atoms with Crippen molar-refractivity contribution >= 4 is 5.69 Å². The maximum atomic E-state index is 12.0. The molecule has 1 N–H and O–H groups in total. The summed E-state index contributed by atoms with van der Waals surface area (Å²) in [4.78, 5) is 9.54. The fourth-order valence-corrected chi connectivity index (χ4v) is 0.793. The number of nitro benzene ring substituents is 1. The van der Waals surface area contributed by atoms with Gasteiger partial charge in [0.2, 0.25) is 0 Å². The van der Waals surface area contributed by atoms with Crippen molar-refractivity contribution in [2.24, 2.45) is 0 Å². The van der Waals surface area contributed by atoms with E-state index in [0.717, 1.165) is 18.2 Å². The van der Waals surface area contributed by atoms with Gasteiger partial charge in [-0.3, -0.25) is 10.1 Å². The van der Waals surface area contributed by atoms with E-state index < -0.39 is 11.6 Å². The average Bonchev–Trinajstić information content (AvgIpc) is 2.05. The van der Waals surface area contributed by atoms with Gasteiger partial charge in [0.15, 0.2) is 0 Å². The van der Waals surface area contributed by atoms with Crippen LogP contribution in [0.4, 0.5) is 10.1 Å². The molecule has 0 saturated heterocycles. The van der Waals surface area contributed by atoms with Crippen molar-refractivity contribution in [2.45, 2.75) is 6.67 Å². The van der Waals surface area contributed by atoms with Crippen LogP contribution < -0.4 is 0 Å². The van der Waals surface area contributed by atoms with Crippen molar-refractivity contribution in [1.82, 2.24) is 0 Å². The predicted octanol–water partition coefficient (Wildman–Crippen LogP) is 1.77. The molecule has 1 aromatic rings. The van der Waals surface area contributed by atoms with E-state index in [4.69, 9.17) is 5.11 Å². The number of phenolic OH excluding ortho intramolecular Hbond substituents is 1. The average molecular weight is 171 g/mol. The van der Waals surface area contributed by atoms with E-state index >= 15 is 0 Å². The molecule has 12 heavy (non-hydrogen) atoms. The lowest BCUT2D eigenvalue weighted by Crippen LogP contribution is -1.89. The van der Waals surface area contributed by atoms with Crippen LogP contribution in [0.1, 0.15) is 5.56 Å². The Balaban J connectivity index is 3.13. The quantitative estimate of drug-likeness (QED) is 0.544. The van der Waals surface area contributed by atoms with Crippen molar-refractivity contribution in [3.05, 3.63) is 33.9 Å². The maximum absolute atomic E-state index is 12.0. The zero-order valence-electron chi connectivity index (χ0n) is 6.03. The fourth-order valence-electron chi connectivity index (χ4n) is 0.793. The highest BCUT2D eigenvalue weighted by atomic mass is 19.1. The second-order valence-electron chi connectivity index (χ2n) is 2.20. The lowest BCUT2D eigenvalue weighted by atomic mass is 10.2. The van der Waals surface area contributed by atoms with Crippen molar-refractivity contribution in [3.63, 3.8) is 0 Å². The van der Waals surface area contributed by atoms with Gasteiger partial charge in [0.05, 0.1) is 4.92 Å². The number of alkyl halides is 1. The van der Waals surface area contributed by atoms with Gasteiger partial charge in [-0.05, 0) is 6.07 Å². The number of nitro groups is 1. The van der Waals surface area contributed by atoms with Crippen LogP contribution >= 0.6 is 0 Å². The normalized spacial score (nSPS) is 9.75. The van der Waals surface area contributed by atoms with E-state index in [1.165, 1.54) is 0 Å². The summed E-state index contributed by atoms with van der Waals surface area (Å²) in [5.74, 6) is -0.261. The smallest absolute Gasteiger partial charge is 0.270 e. The summed E-state index contributed by atoms with van der Waals surface area (Å²) in [7, 11) is 0. The lowest BCUT2D eigenvalue weighted by molar-refractivity contribution is -0.385. The molecule has 4 nitrogen and oxygen atoms in total. The molecule has 1 aromatic carbocycles. The van der Waals surface area contributed by atoms with Crippen LogP contribution in [0.2, 0.25) is 0 Å². The first-order valence-electron chi connectivity index (χ1n) is 3.17. The SMILES string of the molecule is O=[N+]([O-])c1ccc(O)c(CF)c1. The van der Waals surface area contributed by atoms with Gasteiger partial charge in [0, 0.05) is 17.7 Å². The van der Waals surface area contributed by atoms with Crippen LogP contribution in [0.5, 0.6) is 5.75 Å². The molecule has 0 spiro atoms. The standard InChI is InChI=1S/C7H6FNO3/c8-4-5-3-6(9(11)12)1-2-7(5)10/h1-3,10H,4H2. The maximum Gasteiger partial charge on any atom is 0.270 e. The minimum Gasteiger partial charge on any atom is -0.508 e. The molecule has 64 valence electrons. The summed E-state index contributed by atoms with van der Waals surface area (Å²) in [6.45, 7) is -0.909. The van der Waals surface area contributed by atoms with Crippen LogP contribution in [0.3, 0.4) is 0 Å². The summed E-state index contributed by atoms with van der Waals surface area (Å²) >= 11 is 0. The van der Waals surface area contributed by atoms with Crippen molar-refractivity contribution < 1.29 is 14.4 Å². The Bertz CT molecular complexity index is 314. The molecule has 0 heterocycles.